The highest BCUT2D eigenvalue weighted by Gasteiger charge is 2.30. The smallest absolute Gasteiger partial charge is 0.310 e. The van der Waals surface area contributed by atoms with E-state index in [1.807, 2.05) is 12.1 Å². The molecule has 0 fully saturated rings. The Hall–Kier alpha value is -1.09. The van der Waals surface area contributed by atoms with Gasteiger partial charge in [-0.3, -0.25) is 0 Å². The Morgan fingerprint density at radius 3 is 3.00 bits per heavy atom. The van der Waals surface area contributed by atoms with Crippen LogP contribution in [0.4, 0.5) is 0 Å². The lowest BCUT2D eigenvalue weighted by molar-refractivity contribution is -0.206. The Bertz CT molecular complexity index is 433. The van der Waals surface area contributed by atoms with Crippen molar-refractivity contribution in [2.24, 2.45) is 0 Å². The van der Waals surface area contributed by atoms with Crippen molar-refractivity contribution >= 4 is 7.94 Å². The SMILES string of the molecule is CCO[P+]1([O-])C=CCc2cc(OC)ccc2O1. The molecule has 0 N–H and O–H groups in total. The molecule has 0 aromatic heterocycles. The van der Waals surface area contributed by atoms with Gasteiger partial charge < -0.3 is 14.2 Å². The first-order valence-electron chi connectivity index (χ1n) is 5.45. The molecule has 17 heavy (non-hydrogen) atoms. The summed E-state index contributed by atoms with van der Waals surface area (Å²) >= 11 is 0. The third-order valence-electron chi connectivity index (χ3n) is 2.43. The van der Waals surface area contributed by atoms with Crippen LogP contribution in [0.15, 0.2) is 30.1 Å². The third-order valence-corrected chi connectivity index (χ3v) is 4.07. The molecule has 2 rings (SSSR count). The van der Waals surface area contributed by atoms with E-state index in [0.717, 1.165) is 11.3 Å². The predicted molar refractivity (Wildman–Crippen MR) is 65.0 cm³/mol. The number of fused-ring (bicyclic) bond motifs is 1. The summed E-state index contributed by atoms with van der Waals surface area (Å²) in [4.78, 5) is 12.2. The van der Waals surface area contributed by atoms with E-state index in [9.17, 15) is 4.89 Å². The van der Waals surface area contributed by atoms with Gasteiger partial charge in [0.2, 0.25) is 0 Å². The summed E-state index contributed by atoms with van der Waals surface area (Å²) in [7, 11) is -1.52. The Morgan fingerprint density at radius 2 is 2.29 bits per heavy atom. The van der Waals surface area contributed by atoms with Crippen LogP contribution in [0, 0.1) is 0 Å². The van der Waals surface area contributed by atoms with Gasteiger partial charge in [-0.1, -0.05) is 0 Å². The first-order valence-corrected chi connectivity index (χ1v) is 7.06. The minimum Gasteiger partial charge on any atom is -0.620 e. The molecule has 1 atom stereocenters. The Kier molecular flexibility index (Phi) is 3.67. The molecule has 0 aliphatic carbocycles. The van der Waals surface area contributed by atoms with E-state index in [2.05, 4.69) is 0 Å². The summed E-state index contributed by atoms with van der Waals surface area (Å²) in [6, 6.07) is 5.41. The highest BCUT2D eigenvalue weighted by molar-refractivity contribution is 7.62. The molecule has 5 heteroatoms. The van der Waals surface area contributed by atoms with Crippen LogP contribution >= 0.6 is 7.94 Å². The molecule has 0 radical (unpaired) electrons. The zero-order valence-corrected chi connectivity index (χ0v) is 10.8. The number of hydrogen-bond donors (Lipinski definition) is 0. The quantitative estimate of drug-likeness (QED) is 0.776. The lowest BCUT2D eigenvalue weighted by Gasteiger charge is -2.23. The van der Waals surface area contributed by atoms with Gasteiger partial charge in [0.25, 0.3) is 0 Å². The highest BCUT2D eigenvalue weighted by atomic mass is 31.2. The molecule has 0 spiro atoms. The maximum atomic E-state index is 12.2. The van der Waals surface area contributed by atoms with Crippen molar-refractivity contribution in [1.82, 2.24) is 0 Å². The fourth-order valence-electron chi connectivity index (χ4n) is 1.66. The molecule has 0 saturated carbocycles. The molecule has 4 nitrogen and oxygen atoms in total. The van der Waals surface area contributed by atoms with E-state index in [0.29, 0.717) is 18.8 Å². The molecule has 0 amide bonds. The summed E-state index contributed by atoms with van der Waals surface area (Å²) < 4.78 is 15.8. The third kappa shape index (κ3) is 2.78. The van der Waals surface area contributed by atoms with Gasteiger partial charge in [-0.15, -0.1) is 0 Å². The molecule has 1 aromatic carbocycles. The van der Waals surface area contributed by atoms with Gasteiger partial charge in [0.1, 0.15) is 11.6 Å². The molecule has 1 unspecified atom stereocenters. The van der Waals surface area contributed by atoms with Gasteiger partial charge in [0.05, 0.1) is 13.7 Å². The van der Waals surface area contributed by atoms with Crippen molar-refractivity contribution in [2.75, 3.05) is 13.7 Å². The van der Waals surface area contributed by atoms with E-state index in [1.54, 1.807) is 26.2 Å². The topological polar surface area (TPSA) is 50.8 Å². The lowest BCUT2D eigenvalue weighted by atomic mass is 10.1. The van der Waals surface area contributed by atoms with Crippen molar-refractivity contribution in [1.29, 1.82) is 0 Å². The van der Waals surface area contributed by atoms with Crippen LogP contribution in [-0.2, 0) is 10.9 Å². The molecule has 1 aliphatic rings. The number of hydrogen-bond acceptors (Lipinski definition) is 4. The van der Waals surface area contributed by atoms with Gasteiger partial charge in [0, 0.05) is 5.56 Å². The summed E-state index contributed by atoms with van der Waals surface area (Å²) in [5, 5.41) is 0. The maximum absolute atomic E-state index is 12.2. The lowest BCUT2D eigenvalue weighted by Crippen LogP contribution is -2.16. The Labute approximate surface area is 101 Å². The molecule has 1 aliphatic heterocycles. The van der Waals surface area contributed by atoms with Crippen LogP contribution in [0.5, 0.6) is 11.5 Å². The van der Waals surface area contributed by atoms with Crippen molar-refractivity contribution in [2.45, 2.75) is 13.3 Å². The second kappa shape index (κ2) is 5.05. The largest absolute Gasteiger partial charge is 0.620 e. The Balaban J connectivity index is 2.30. The number of allylic oxidation sites excluding steroid dienone is 1. The van der Waals surface area contributed by atoms with E-state index in [1.165, 1.54) is 5.82 Å². The molecular weight excluding hydrogens is 239 g/mol. The molecule has 0 bridgehead atoms. The minimum atomic E-state index is -3.13. The van der Waals surface area contributed by atoms with Gasteiger partial charge in [0.15, 0.2) is 5.75 Å². The molecule has 1 aromatic rings. The van der Waals surface area contributed by atoms with E-state index in [4.69, 9.17) is 13.8 Å². The standard InChI is InChI=1S/C12H15O4P/c1-3-15-17(13)8-4-5-10-9-11(14-2)6-7-12(10)16-17/h4,6-9H,3,5H2,1-2H3. The van der Waals surface area contributed by atoms with E-state index < -0.39 is 7.94 Å². The normalized spacial score (nSPS) is 22.5. The second-order valence-corrected chi connectivity index (χ2v) is 5.43. The number of methoxy groups -OCH3 is 1. The molecular formula is C12H15O4P. The molecule has 0 saturated heterocycles. The second-order valence-electron chi connectivity index (χ2n) is 3.61. The van der Waals surface area contributed by atoms with Gasteiger partial charge in [-0.25, -0.2) is 0 Å². The van der Waals surface area contributed by atoms with Crippen LogP contribution in [0.2, 0.25) is 0 Å². The summed E-state index contributed by atoms with van der Waals surface area (Å²) in [6.07, 6.45) is 2.46. The van der Waals surface area contributed by atoms with Crippen molar-refractivity contribution in [3.63, 3.8) is 0 Å². The van der Waals surface area contributed by atoms with Crippen LogP contribution in [0.25, 0.3) is 0 Å². The van der Waals surface area contributed by atoms with Gasteiger partial charge >= 0.3 is 7.94 Å². The van der Waals surface area contributed by atoms with Gasteiger partial charge in [-0.2, -0.15) is 4.52 Å². The van der Waals surface area contributed by atoms with Crippen LogP contribution in [0.3, 0.4) is 0 Å². The van der Waals surface area contributed by atoms with Crippen LogP contribution in [-0.4, -0.2) is 13.7 Å². The van der Waals surface area contributed by atoms with Crippen molar-refractivity contribution < 1.29 is 18.7 Å². The van der Waals surface area contributed by atoms with E-state index in [-0.39, 0.29) is 0 Å². The maximum Gasteiger partial charge on any atom is 0.310 e. The zero-order chi connectivity index (χ0) is 12.3. The summed E-state index contributed by atoms with van der Waals surface area (Å²) in [5.74, 6) is 2.87. The van der Waals surface area contributed by atoms with E-state index >= 15 is 0 Å². The average molecular weight is 254 g/mol. The first kappa shape index (κ1) is 12.4. The minimum absolute atomic E-state index is 0.354. The molecule has 1 heterocycles. The fraction of sp³-hybridized carbons (Fsp3) is 0.333. The number of rotatable bonds is 3. The number of ether oxygens (including phenoxy) is 1. The van der Waals surface area contributed by atoms with Crippen LogP contribution < -0.4 is 14.2 Å². The van der Waals surface area contributed by atoms with Crippen molar-refractivity contribution in [3.8, 4) is 11.5 Å². The summed E-state index contributed by atoms with van der Waals surface area (Å²) in [6.45, 7) is 2.14. The predicted octanol–water partition coefficient (Wildman–Crippen LogP) is 2.30. The first-order chi connectivity index (χ1) is 8.17. The van der Waals surface area contributed by atoms with Crippen LogP contribution in [0.1, 0.15) is 12.5 Å². The average Bonchev–Trinajstić information content (AvgIpc) is 2.46. The fourth-order valence-corrected chi connectivity index (χ4v) is 3.03. The zero-order valence-electron chi connectivity index (χ0n) is 9.88. The van der Waals surface area contributed by atoms with Gasteiger partial charge in [-0.05, 0) is 37.6 Å². The number of benzene rings is 1. The highest BCUT2D eigenvalue weighted by Crippen LogP contribution is 2.55. The summed E-state index contributed by atoms with van der Waals surface area (Å²) in [5.41, 5.74) is 0.943. The van der Waals surface area contributed by atoms with Crippen molar-refractivity contribution in [3.05, 3.63) is 35.7 Å². The monoisotopic (exact) mass is 254 g/mol. The Morgan fingerprint density at radius 1 is 1.47 bits per heavy atom. The molecule has 92 valence electrons.